The number of rotatable bonds is 4. The van der Waals surface area contributed by atoms with Crippen LogP contribution >= 0.6 is 15.9 Å². The molecule has 2 aromatic carbocycles. The number of sulfonamides is 1. The normalized spacial score (nSPS) is 11.4. The molecular weight excluding hydrogens is 368 g/mol. The van der Waals surface area contributed by atoms with E-state index in [1.165, 1.54) is 18.2 Å². The second kappa shape index (κ2) is 6.08. The van der Waals surface area contributed by atoms with Gasteiger partial charge in [0.25, 0.3) is 10.0 Å². The van der Waals surface area contributed by atoms with Gasteiger partial charge in [-0.05, 0) is 39.7 Å². The molecule has 0 fully saturated rings. The van der Waals surface area contributed by atoms with Gasteiger partial charge < -0.3 is 5.11 Å². The van der Waals surface area contributed by atoms with Crippen molar-refractivity contribution in [3.8, 4) is 0 Å². The van der Waals surface area contributed by atoms with Crippen LogP contribution in [0.1, 0.15) is 5.56 Å². The van der Waals surface area contributed by atoms with Crippen molar-refractivity contribution in [2.45, 2.75) is 11.5 Å². The molecule has 0 spiro atoms. The molecule has 0 aliphatic heterocycles. The molecule has 21 heavy (non-hydrogen) atoms. The summed E-state index contributed by atoms with van der Waals surface area (Å²) in [6, 6.07) is 7.09. The zero-order valence-electron chi connectivity index (χ0n) is 10.5. The summed E-state index contributed by atoms with van der Waals surface area (Å²) < 4.78 is 53.2. The van der Waals surface area contributed by atoms with Gasteiger partial charge in [0, 0.05) is 6.07 Å². The SMILES string of the molecule is O=S(=O)(Nc1cc(F)c(Br)cc1F)c1cccc(CO)c1. The van der Waals surface area contributed by atoms with E-state index in [1.54, 1.807) is 6.07 Å². The van der Waals surface area contributed by atoms with Crippen LogP contribution in [0.4, 0.5) is 14.5 Å². The fourth-order valence-electron chi connectivity index (χ4n) is 1.62. The van der Waals surface area contributed by atoms with Crippen molar-refractivity contribution in [1.29, 1.82) is 0 Å². The Morgan fingerprint density at radius 3 is 2.52 bits per heavy atom. The Kier molecular flexibility index (Phi) is 4.60. The maximum Gasteiger partial charge on any atom is 0.261 e. The minimum Gasteiger partial charge on any atom is -0.392 e. The first-order chi connectivity index (χ1) is 9.83. The molecule has 0 heterocycles. The van der Waals surface area contributed by atoms with Crippen molar-refractivity contribution in [1.82, 2.24) is 0 Å². The molecule has 4 nitrogen and oxygen atoms in total. The van der Waals surface area contributed by atoms with Crippen LogP contribution in [0, 0.1) is 11.6 Å². The second-order valence-corrected chi connectivity index (χ2v) is 6.69. The molecule has 112 valence electrons. The number of benzene rings is 2. The predicted octanol–water partition coefficient (Wildman–Crippen LogP) is 3.02. The molecule has 0 unspecified atom stereocenters. The van der Waals surface area contributed by atoms with Gasteiger partial charge in [-0.3, -0.25) is 4.72 Å². The Bertz CT molecular complexity index is 781. The topological polar surface area (TPSA) is 66.4 Å². The van der Waals surface area contributed by atoms with Crippen LogP contribution in [0.15, 0.2) is 45.8 Å². The summed E-state index contributed by atoms with van der Waals surface area (Å²) >= 11 is 2.80. The third kappa shape index (κ3) is 3.58. The molecule has 0 bridgehead atoms. The van der Waals surface area contributed by atoms with Gasteiger partial charge in [0.1, 0.15) is 11.6 Å². The summed E-state index contributed by atoms with van der Waals surface area (Å²) in [5.74, 6) is -1.71. The lowest BCUT2D eigenvalue weighted by atomic mass is 10.2. The number of aliphatic hydroxyl groups excluding tert-OH is 1. The Morgan fingerprint density at radius 2 is 1.86 bits per heavy atom. The van der Waals surface area contributed by atoms with Crippen molar-refractivity contribution in [2.75, 3.05) is 4.72 Å². The summed E-state index contributed by atoms with van der Waals surface area (Å²) in [4.78, 5) is -0.156. The third-order valence-electron chi connectivity index (χ3n) is 2.65. The summed E-state index contributed by atoms with van der Waals surface area (Å²) in [7, 11) is -4.08. The van der Waals surface area contributed by atoms with Crippen LogP contribution in [-0.4, -0.2) is 13.5 Å². The number of nitrogens with one attached hydrogen (secondary N) is 1. The van der Waals surface area contributed by atoms with E-state index in [-0.39, 0.29) is 16.0 Å². The molecule has 0 aliphatic rings. The van der Waals surface area contributed by atoms with E-state index in [2.05, 4.69) is 15.9 Å². The minimum absolute atomic E-state index is 0.106. The third-order valence-corrected chi connectivity index (χ3v) is 4.62. The number of hydrogen-bond donors (Lipinski definition) is 2. The van der Waals surface area contributed by atoms with Crippen LogP contribution < -0.4 is 4.72 Å². The van der Waals surface area contributed by atoms with Crippen molar-refractivity contribution >= 4 is 31.6 Å². The number of halogens is 3. The smallest absolute Gasteiger partial charge is 0.261 e. The number of anilines is 1. The molecule has 2 aromatic rings. The number of aliphatic hydroxyl groups is 1. The Labute approximate surface area is 128 Å². The highest BCUT2D eigenvalue weighted by Crippen LogP contribution is 2.25. The molecule has 0 amide bonds. The quantitative estimate of drug-likeness (QED) is 0.804. The second-order valence-electron chi connectivity index (χ2n) is 4.16. The molecule has 0 radical (unpaired) electrons. The van der Waals surface area contributed by atoms with Gasteiger partial charge in [-0.25, -0.2) is 17.2 Å². The fourth-order valence-corrected chi connectivity index (χ4v) is 3.06. The van der Waals surface area contributed by atoms with Crippen LogP contribution in [0.5, 0.6) is 0 Å². The standard InChI is InChI=1S/C13H10BrF2NO3S/c14-10-5-12(16)13(6-11(10)15)17-21(19,20)9-3-1-2-8(4-9)7-18/h1-6,17-18H,7H2. The van der Waals surface area contributed by atoms with E-state index < -0.39 is 27.3 Å². The molecule has 0 aliphatic carbocycles. The lowest BCUT2D eigenvalue weighted by Gasteiger charge is -2.10. The zero-order chi connectivity index (χ0) is 15.6. The summed E-state index contributed by atoms with van der Waals surface area (Å²) in [5.41, 5.74) is -0.106. The average Bonchev–Trinajstić information content (AvgIpc) is 2.44. The highest BCUT2D eigenvalue weighted by molar-refractivity contribution is 9.10. The maximum atomic E-state index is 13.7. The first-order valence-electron chi connectivity index (χ1n) is 5.70. The molecule has 0 atom stereocenters. The largest absolute Gasteiger partial charge is 0.392 e. The summed E-state index contributed by atoms with van der Waals surface area (Å²) in [5, 5.41) is 9.00. The van der Waals surface area contributed by atoms with Gasteiger partial charge in [0.2, 0.25) is 0 Å². The van der Waals surface area contributed by atoms with Gasteiger partial charge in [-0.15, -0.1) is 0 Å². The molecular formula is C13H10BrF2NO3S. The van der Waals surface area contributed by atoms with Crippen molar-refractivity contribution in [2.24, 2.45) is 0 Å². The molecule has 2 N–H and O–H groups in total. The average molecular weight is 378 g/mol. The van der Waals surface area contributed by atoms with Gasteiger partial charge in [0.05, 0.1) is 21.7 Å². The van der Waals surface area contributed by atoms with E-state index in [1.807, 2.05) is 4.72 Å². The summed E-state index contributed by atoms with van der Waals surface area (Å²) in [6.45, 7) is -0.329. The predicted molar refractivity (Wildman–Crippen MR) is 77.2 cm³/mol. The van der Waals surface area contributed by atoms with Gasteiger partial charge in [-0.1, -0.05) is 12.1 Å². The Morgan fingerprint density at radius 1 is 1.14 bits per heavy atom. The first kappa shape index (κ1) is 15.9. The highest BCUT2D eigenvalue weighted by atomic mass is 79.9. The van der Waals surface area contributed by atoms with Gasteiger partial charge in [-0.2, -0.15) is 0 Å². The van der Waals surface area contributed by atoms with Crippen LogP contribution in [0.25, 0.3) is 0 Å². The molecule has 8 heteroatoms. The summed E-state index contributed by atoms with van der Waals surface area (Å²) in [6.07, 6.45) is 0. The highest BCUT2D eigenvalue weighted by Gasteiger charge is 2.18. The maximum absolute atomic E-state index is 13.7. The lowest BCUT2D eigenvalue weighted by molar-refractivity contribution is 0.281. The van der Waals surface area contributed by atoms with Gasteiger partial charge >= 0.3 is 0 Å². The monoisotopic (exact) mass is 377 g/mol. The van der Waals surface area contributed by atoms with Crippen LogP contribution in [0.3, 0.4) is 0 Å². The minimum atomic E-state index is -4.08. The van der Waals surface area contributed by atoms with Crippen LogP contribution in [0.2, 0.25) is 0 Å². The van der Waals surface area contributed by atoms with Crippen molar-refractivity contribution < 1.29 is 22.3 Å². The van der Waals surface area contributed by atoms with E-state index in [9.17, 15) is 17.2 Å². The Hall–Kier alpha value is -1.51. The fraction of sp³-hybridized carbons (Fsp3) is 0.0769. The Balaban J connectivity index is 2.39. The molecule has 2 rings (SSSR count). The molecule has 0 saturated heterocycles. The van der Waals surface area contributed by atoms with Crippen LogP contribution in [-0.2, 0) is 16.6 Å². The molecule has 0 aromatic heterocycles. The molecule has 0 saturated carbocycles. The van der Waals surface area contributed by atoms with Crippen molar-refractivity contribution in [3.63, 3.8) is 0 Å². The van der Waals surface area contributed by atoms with Crippen molar-refractivity contribution in [3.05, 3.63) is 58.1 Å². The lowest BCUT2D eigenvalue weighted by Crippen LogP contribution is -2.14. The van der Waals surface area contributed by atoms with E-state index >= 15 is 0 Å². The zero-order valence-corrected chi connectivity index (χ0v) is 12.9. The number of hydrogen-bond acceptors (Lipinski definition) is 3. The first-order valence-corrected chi connectivity index (χ1v) is 7.98. The van der Waals surface area contributed by atoms with E-state index in [0.717, 1.165) is 12.1 Å². The van der Waals surface area contributed by atoms with E-state index in [4.69, 9.17) is 5.11 Å². The van der Waals surface area contributed by atoms with E-state index in [0.29, 0.717) is 5.56 Å². The van der Waals surface area contributed by atoms with Gasteiger partial charge in [0.15, 0.2) is 0 Å².